The zero-order valence-corrected chi connectivity index (χ0v) is 12.0. The van der Waals surface area contributed by atoms with Gasteiger partial charge in [0.15, 0.2) is 0 Å². The third-order valence-corrected chi connectivity index (χ3v) is 4.60. The quantitative estimate of drug-likeness (QED) is 0.919. The molecular formula is C15H16ClNOS. The Morgan fingerprint density at radius 2 is 1.68 bits per heavy atom. The van der Waals surface area contributed by atoms with Crippen LogP contribution in [0.2, 0.25) is 5.02 Å². The van der Waals surface area contributed by atoms with Gasteiger partial charge in [-0.05, 0) is 17.2 Å². The zero-order valence-electron chi connectivity index (χ0n) is 10.5. The number of hydrogen-bond acceptors (Lipinski definition) is 2. The molecule has 0 heterocycles. The molecule has 2 nitrogen and oxygen atoms in total. The third-order valence-electron chi connectivity index (χ3n) is 2.87. The Morgan fingerprint density at radius 3 is 2.37 bits per heavy atom. The van der Waals surface area contributed by atoms with E-state index in [2.05, 4.69) is 0 Å². The summed E-state index contributed by atoms with van der Waals surface area (Å²) in [6.07, 6.45) is 0. The number of benzene rings is 2. The topological polar surface area (TPSA) is 43.1 Å². The maximum absolute atomic E-state index is 12.1. The van der Waals surface area contributed by atoms with Gasteiger partial charge in [0, 0.05) is 27.6 Å². The van der Waals surface area contributed by atoms with Crippen molar-refractivity contribution in [2.45, 2.75) is 11.8 Å². The second-order valence-electron chi connectivity index (χ2n) is 4.36. The van der Waals surface area contributed by atoms with Crippen LogP contribution in [0.4, 0.5) is 0 Å². The van der Waals surface area contributed by atoms with Gasteiger partial charge in [0.1, 0.15) is 0 Å². The Balaban J connectivity index is 1.97. The molecule has 0 radical (unpaired) electrons. The lowest BCUT2D eigenvalue weighted by atomic mass is 10.1. The van der Waals surface area contributed by atoms with E-state index < -0.39 is 10.8 Å². The van der Waals surface area contributed by atoms with Gasteiger partial charge in [-0.25, -0.2) is 0 Å². The summed E-state index contributed by atoms with van der Waals surface area (Å²) in [6.45, 7) is 0. The van der Waals surface area contributed by atoms with Gasteiger partial charge in [-0.3, -0.25) is 4.21 Å². The molecule has 0 aliphatic rings. The van der Waals surface area contributed by atoms with Crippen LogP contribution in [0.25, 0.3) is 0 Å². The van der Waals surface area contributed by atoms with Crippen molar-refractivity contribution in [3.8, 4) is 0 Å². The molecule has 4 heteroatoms. The first-order chi connectivity index (χ1) is 9.16. The molecule has 0 saturated heterocycles. The largest absolute Gasteiger partial charge is 0.323 e. The Labute approximate surface area is 121 Å². The Hall–Kier alpha value is -1.16. The average Bonchev–Trinajstić information content (AvgIpc) is 2.42. The summed E-state index contributed by atoms with van der Waals surface area (Å²) in [5.74, 6) is 0.884. The van der Waals surface area contributed by atoms with Crippen LogP contribution in [0, 0.1) is 0 Å². The maximum atomic E-state index is 12.1. The molecule has 0 aliphatic heterocycles. The standard InChI is InChI=1S/C15H16ClNOS/c16-14-9-5-4-8-13(14)10-19(18)11-15(17)12-6-2-1-3-7-12/h1-9,15H,10-11,17H2. The fraction of sp³-hybridized carbons (Fsp3) is 0.200. The summed E-state index contributed by atoms with van der Waals surface area (Å²) in [5, 5.41) is 0.657. The van der Waals surface area contributed by atoms with Crippen LogP contribution in [-0.4, -0.2) is 9.96 Å². The highest BCUT2D eigenvalue weighted by molar-refractivity contribution is 7.84. The summed E-state index contributed by atoms with van der Waals surface area (Å²) in [5.41, 5.74) is 7.98. The second-order valence-corrected chi connectivity index (χ2v) is 6.27. The molecule has 2 unspecified atom stereocenters. The van der Waals surface area contributed by atoms with E-state index in [1.165, 1.54) is 0 Å². The third kappa shape index (κ3) is 4.16. The van der Waals surface area contributed by atoms with Crippen LogP contribution in [0.5, 0.6) is 0 Å². The molecule has 2 atom stereocenters. The van der Waals surface area contributed by atoms with Crippen LogP contribution in [0.15, 0.2) is 54.6 Å². The van der Waals surface area contributed by atoms with E-state index >= 15 is 0 Å². The van der Waals surface area contributed by atoms with Crippen molar-refractivity contribution in [3.05, 3.63) is 70.7 Å². The number of rotatable bonds is 5. The van der Waals surface area contributed by atoms with Crippen LogP contribution < -0.4 is 5.73 Å². The minimum atomic E-state index is -1.02. The molecule has 0 aliphatic carbocycles. The maximum Gasteiger partial charge on any atom is 0.0501 e. The summed E-state index contributed by atoms with van der Waals surface area (Å²) >= 11 is 6.06. The highest BCUT2D eigenvalue weighted by Crippen LogP contribution is 2.18. The van der Waals surface area contributed by atoms with Crippen LogP contribution in [0.3, 0.4) is 0 Å². The van der Waals surface area contributed by atoms with E-state index in [0.29, 0.717) is 16.5 Å². The fourth-order valence-electron chi connectivity index (χ4n) is 1.84. The van der Waals surface area contributed by atoms with Crippen molar-refractivity contribution in [1.29, 1.82) is 0 Å². The van der Waals surface area contributed by atoms with E-state index in [0.717, 1.165) is 11.1 Å². The SMILES string of the molecule is NC(CS(=O)Cc1ccccc1Cl)c1ccccc1. The normalized spacial score (nSPS) is 14.0. The van der Waals surface area contributed by atoms with E-state index in [1.807, 2.05) is 54.6 Å². The number of hydrogen-bond donors (Lipinski definition) is 1. The van der Waals surface area contributed by atoms with E-state index in [9.17, 15) is 4.21 Å². The second kappa shape index (κ2) is 6.85. The molecule has 0 fully saturated rings. The first-order valence-electron chi connectivity index (χ1n) is 6.05. The van der Waals surface area contributed by atoms with Gasteiger partial charge in [0.05, 0.1) is 5.75 Å². The van der Waals surface area contributed by atoms with Gasteiger partial charge < -0.3 is 5.73 Å². The molecule has 2 aromatic carbocycles. The molecule has 2 N–H and O–H groups in total. The van der Waals surface area contributed by atoms with E-state index in [1.54, 1.807) is 0 Å². The van der Waals surface area contributed by atoms with Crippen LogP contribution in [-0.2, 0) is 16.6 Å². The van der Waals surface area contributed by atoms with Crippen molar-refractivity contribution in [1.82, 2.24) is 0 Å². The summed E-state index contributed by atoms with van der Waals surface area (Å²) in [6, 6.07) is 17.0. The van der Waals surface area contributed by atoms with Gasteiger partial charge in [0.2, 0.25) is 0 Å². The number of halogens is 1. The predicted octanol–water partition coefficient (Wildman–Crippen LogP) is 3.29. The smallest absolute Gasteiger partial charge is 0.0501 e. The Bertz CT molecular complexity index is 559. The monoisotopic (exact) mass is 293 g/mol. The van der Waals surface area contributed by atoms with Crippen molar-refractivity contribution >= 4 is 22.4 Å². The van der Waals surface area contributed by atoms with Gasteiger partial charge in [0.25, 0.3) is 0 Å². The first-order valence-corrected chi connectivity index (χ1v) is 7.92. The lowest BCUT2D eigenvalue weighted by Gasteiger charge is -2.12. The summed E-state index contributed by atoms with van der Waals surface area (Å²) in [4.78, 5) is 0. The van der Waals surface area contributed by atoms with Gasteiger partial charge in [-0.2, -0.15) is 0 Å². The van der Waals surface area contributed by atoms with Gasteiger partial charge in [-0.1, -0.05) is 60.1 Å². The minimum absolute atomic E-state index is 0.204. The summed E-state index contributed by atoms with van der Waals surface area (Å²) in [7, 11) is -1.02. The lowest BCUT2D eigenvalue weighted by Crippen LogP contribution is -2.19. The van der Waals surface area contributed by atoms with E-state index in [4.69, 9.17) is 17.3 Å². The van der Waals surface area contributed by atoms with Crippen molar-refractivity contribution in [2.24, 2.45) is 5.73 Å². The lowest BCUT2D eigenvalue weighted by molar-refractivity contribution is 0.674. The van der Waals surface area contributed by atoms with E-state index in [-0.39, 0.29) is 6.04 Å². The highest BCUT2D eigenvalue weighted by Gasteiger charge is 2.11. The zero-order chi connectivity index (χ0) is 13.7. The predicted molar refractivity (Wildman–Crippen MR) is 81.5 cm³/mol. The highest BCUT2D eigenvalue weighted by atomic mass is 35.5. The molecule has 0 bridgehead atoms. The Morgan fingerprint density at radius 1 is 1.05 bits per heavy atom. The molecule has 2 rings (SSSR count). The molecule has 0 saturated carbocycles. The Kier molecular flexibility index (Phi) is 5.14. The van der Waals surface area contributed by atoms with Crippen molar-refractivity contribution in [3.63, 3.8) is 0 Å². The molecule has 19 heavy (non-hydrogen) atoms. The fourth-order valence-corrected chi connectivity index (χ4v) is 3.44. The number of nitrogens with two attached hydrogens (primary N) is 1. The average molecular weight is 294 g/mol. The molecule has 0 aromatic heterocycles. The van der Waals surface area contributed by atoms with Crippen LogP contribution >= 0.6 is 11.6 Å². The molecule has 0 spiro atoms. The summed E-state index contributed by atoms with van der Waals surface area (Å²) < 4.78 is 12.1. The first kappa shape index (κ1) is 14.3. The van der Waals surface area contributed by atoms with Crippen LogP contribution in [0.1, 0.15) is 17.2 Å². The molecule has 0 amide bonds. The minimum Gasteiger partial charge on any atom is -0.323 e. The van der Waals surface area contributed by atoms with Crippen molar-refractivity contribution in [2.75, 3.05) is 5.75 Å². The molecule has 2 aromatic rings. The van der Waals surface area contributed by atoms with Gasteiger partial charge >= 0.3 is 0 Å². The molecular weight excluding hydrogens is 278 g/mol. The van der Waals surface area contributed by atoms with Gasteiger partial charge in [-0.15, -0.1) is 0 Å². The molecule has 100 valence electrons. The van der Waals surface area contributed by atoms with Crippen molar-refractivity contribution < 1.29 is 4.21 Å².